The summed E-state index contributed by atoms with van der Waals surface area (Å²) in [5, 5.41) is 5.78. The molecule has 0 saturated heterocycles. The quantitative estimate of drug-likeness (QED) is 0.691. The molecule has 1 unspecified atom stereocenters. The van der Waals surface area contributed by atoms with Gasteiger partial charge in [0.15, 0.2) is 0 Å². The van der Waals surface area contributed by atoms with Crippen molar-refractivity contribution in [2.24, 2.45) is 0 Å². The number of rotatable bonds is 6. The van der Waals surface area contributed by atoms with Gasteiger partial charge in [-0.05, 0) is 13.0 Å². The molecule has 1 atom stereocenters. The van der Waals surface area contributed by atoms with Gasteiger partial charge in [-0.15, -0.1) is 6.58 Å². The van der Waals surface area contributed by atoms with Gasteiger partial charge in [0.25, 0.3) is 0 Å². The van der Waals surface area contributed by atoms with Crippen molar-refractivity contribution in [3.63, 3.8) is 0 Å². The number of hydrogen-bond acceptors (Lipinski definition) is 3. The molecule has 4 heteroatoms. The third kappa shape index (κ3) is 3.99. The summed E-state index contributed by atoms with van der Waals surface area (Å²) in [5.74, 6) is -0.0368. The highest BCUT2D eigenvalue weighted by atomic mass is 16.3. The average Bonchev–Trinajstić information content (AvgIpc) is 2.76. The molecule has 82 valence electrons. The SMILES string of the molecule is C=CCNC(=O)CNC(C)c1ccoc1. The molecule has 1 rings (SSSR count). The van der Waals surface area contributed by atoms with Crippen molar-refractivity contribution in [3.8, 4) is 0 Å². The van der Waals surface area contributed by atoms with Crippen LogP contribution in [0.1, 0.15) is 18.5 Å². The first kappa shape index (κ1) is 11.5. The van der Waals surface area contributed by atoms with E-state index in [1.807, 2.05) is 13.0 Å². The Balaban J connectivity index is 2.25. The Labute approximate surface area is 89.4 Å². The maximum atomic E-state index is 11.2. The molecular weight excluding hydrogens is 192 g/mol. The predicted octanol–water partition coefficient (Wildman–Crippen LogP) is 1.23. The number of carbonyl (C=O) groups excluding carboxylic acids is 1. The van der Waals surface area contributed by atoms with Gasteiger partial charge < -0.3 is 15.1 Å². The molecule has 4 nitrogen and oxygen atoms in total. The maximum Gasteiger partial charge on any atom is 0.234 e. The molecule has 0 aliphatic rings. The second kappa shape index (κ2) is 6.03. The minimum atomic E-state index is -0.0368. The Kier molecular flexibility index (Phi) is 4.63. The molecule has 2 N–H and O–H groups in total. The molecule has 0 aliphatic heterocycles. The smallest absolute Gasteiger partial charge is 0.234 e. The van der Waals surface area contributed by atoms with Crippen LogP contribution >= 0.6 is 0 Å². The van der Waals surface area contributed by atoms with E-state index >= 15 is 0 Å². The van der Waals surface area contributed by atoms with E-state index in [2.05, 4.69) is 17.2 Å². The molecule has 0 fully saturated rings. The van der Waals surface area contributed by atoms with Gasteiger partial charge in [-0.1, -0.05) is 6.08 Å². The molecule has 1 aromatic heterocycles. The van der Waals surface area contributed by atoms with Crippen LogP contribution < -0.4 is 10.6 Å². The van der Waals surface area contributed by atoms with Crippen LogP contribution in [0.2, 0.25) is 0 Å². The predicted molar refractivity (Wildman–Crippen MR) is 58.3 cm³/mol. The van der Waals surface area contributed by atoms with Crippen LogP contribution in [-0.4, -0.2) is 19.0 Å². The first-order valence-corrected chi connectivity index (χ1v) is 4.87. The van der Waals surface area contributed by atoms with Gasteiger partial charge in [0.2, 0.25) is 5.91 Å². The summed E-state index contributed by atoms with van der Waals surface area (Å²) in [6.07, 6.45) is 4.93. The summed E-state index contributed by atoms with van der Waals surface area (Å²) < 4.78 is 4.95. The summed E-state index contributed by atoms with van der Waals surface area (Å²) >= 11 is 0. The fourth-order valence-electron chi connectivity index (χ4n) is 1.13. The molecule has 0 saturated carbocycles. The first-order valence-electron chi connectivity index (χ1n) is 4.87. The van der Waals surface area contributed by atoms with Crippen LogP contribution in [0.25, 0.3) is 0 Å². The minimum Gasteiger partial charge on any atom is -0.472 e. The zero-order valence-corrected chi connectivity index (χ0v) is 8.82. The van der Waals surface area contributed by atoms with Gasteiger partial charge in [0.05, 0.1) is 19.1 Å². The Bertz CT molecular complexity index is 306. The lowest BCUT2D eigenvalue weighted by Gasteiger charge is -2.11. The average molecular weight is 208 g/mol. The molecule has 0 bridgehead atoms. The van der Waals surface area contributed by atoms with Crippen molar-refractivity contribution < 1.29 is 9.21 Å². The van der Waals surface area contributed by atoms with Gasteiger partial charge in [-0.25, -0.2) is 0 Å². The summed E-state index contributed by atoms with van der Waals surface area (Å²) in [5.41, 5.74) is 1.03. The van der Waals surface area contributed by atoms with Crippen molar-refractivity contribution in [1.29, 1.82) is 0 Å². The largest absolute Gasteiger partial charge is 0.472 e. The Morgan fingerprint density at radius 2 is 2.53 bits per heavy atom. The third-order valence-corrected chi connectivity index (χ3v) is 2.06. The summed E-state index contributed by atoms with van der Waals surface area (Å²) in [7, 11) is 0. The monoisotopic (exact) mass is 208 g/mol. The zero-order chi connectivity index (χ0) is 11.1. The van der Waals surface area contributed by atoms with E-state index in [0.717, 1.165) is 5.56 Å². The first-order chi connectivity index (χ1) is 7.24. The van der Waals surface area contributed by atoms with Gasteiger partial charge in [-0.3, -0.25) is 4.79 Å². The van der Waals surface area contributed by atoms with Gasteiger partial charge in [0, 0.05) is 18.2 Å². The van der Waals surface area contributed by atoms with Crippen LogP contribution in [0, 0.1) is 0 Å². The van der Waals surface area contributed by atoms with Crippen LogP contribution in [0.15, 0.2) is 35.7 Å². The van der Waals surface area contributed by atoms with Crippen molar-refractivity contribution in [2.75, 3.05) is 13.1 Å². The fraction of sp³-hybridized carbons (Fsp3) is 0.364. The lowest BCUT2D eigenvalue weighted by Crippen LogP contribution is -2.34. The summed E-state index contributed by atoms with van der Waals surface area (Å²) in [6, 6.07) is 1.98. The number of carbonyl (C=O) groups is 1. The van der Waals surface area contributed by atoms with E-state index in [9.17, 15) is 4.79 Å². The summed E-state index contributed by atoms with van der Waals surface area (Å²) in [4.78, 5) is 11.2. The molecule has 0 spiro atoms. The fourth-order valence-corrected chi connectivity index (χ4v) is 1.13. The van der Waals surface area contributed by atoms with E-state index in [0.29, 0.717) is 13.1 Å². The topological polar surface area (TPSA) is 54.3 Å². The van der Waals surface area contributed by atoms with Gasteiger partial charge >= 0.3 is 0 Å². The van der Waals surface area contributed by atoms with E-state index in [-0.39, 0.29) is 11.9 Å². The van der Waals surface area contributed by atoms with E-state index < -0.39 is 0 Å². The summed E-state index contributed by atoms with van der Waals surface area (Å²) in [6.45, 7) is 6.29. The molecular formula is C11H16N2O2. The highest BCUT2D eigenvalue weighted by molar-refractivity contribution is 5.78. The second-order valence-electron chi connectivity index (χ2n) is 3.25. The van der Waals surface area contributed by atoms with Crippen molar-refractivity contribution in [3.05, 3.63) is 36.8 Å². The van der Waals surface area contributed by atoms with E-state index in [4.69, 9.17) is 4.42 Å². The lowest BCUT2D eigenvalue weighted by molar-refractivity contribution is -0.120. The Morgan fingerprint density at radius 1 is 1.73 bits per heavy atom. The third-order valence-electron chi connectivity index (χ3n) is 2.06. The normalized spacial score (nSPS) is 12.1. The van der Waals surface area contributed by atoms with Crippen LogP contribution in [0.4, 0.5) is 0 Å². The highest BCUT2D eigenvalue weighted by Gasteiger charge is 2.07. The lowest BCUT2D eigenvalue weighted by atomic mass is 10.2. The second-order valence-corrected chi connectivity index (χ2v) is 3.25. The number of hydrogen-bond donors (Lipinski definition) is 2. The van der Waals surface area contributed by atoms with Crippen molar-refractivity contribution in [2.45, 2.75) is 13.0 Å². The maximum absolute atomic E-state index is 11.2. The molecule has 15 heavy (non-hydrogen) atoms. The Morgan fingerprint density at radius 3 is 3.13 bits per heavy atom. The number of furan rings is 1. The van der Waals surface area contributed by atoms with Gasteiger partial charge in [0.1, 0.15) is 0 Å². The molecule has 0 radical (unpaired) electrons. The van der Waals surface area contributed by atoms with Crippen LogP contribution in [-0.2, 0) is 4.79 Å². The van der Waals surface area contributed by atoms with Gasteiger partial charge in [-0.2, -0.15) is 0 Å². The minimum absolute atomic E-state index is 0.0368. The van der Waals surface area contributed by atoms with Crippen molar-refractivity contribution >= 4 is 5.91 Å². The number of nitrogens with one attached hydrogen (secondary N) is 2. The highest BCUT2D eigenvalue weighted by Crippen LogP contribution is 2.11. The van der Waals surface area contributed by atoms with E-state index in [1.54, 1.807) is 18.6 Å². The van der Waals surface area contributed by atoms with Crippen molar-refractivity contribution in [1.82, 2.24) is 10.6 Å². The molecule has 1 heterocycles. The molecule has 1 amide bonds. The molecule has 0 aromatic carbocycles. The molecule has 0 aliphatic carbocycles. The molecule has 1 aromatic rings. The number of amides is 1. The Hall–Kier alpha value is -1.55. The van der Waals surface area contributed by atoms with E-state index in [1.165, 1.54) is 0 Å². The standard InChI is InChI=1S/C11H16N2O2/c1-3-5-12-11(14)7-13-9(2)10-4-6-15-8-10/h3-4,6,8-9,13H,1,5,7H2,2H3,(H,12,14). The van der Waals surface area contributed by atoms with Crippen LogP contribution in [0.5, 0.6) is 0 Å². The van der Waals surface area contributed by atoms with Crippen LogP contribution in [0.3, 0.4) is 0 Å². The zero-order valence-electron chi connectivity index (χ0n) is 8.82.